The van der Waals surface area contributed by atoms with Crippen LogP contribution in [0.2, 0.25) is 0 Å². The molecule has 2 saturated heterocycles. The second-order valence-electron chi connectivity index (χ2n) is 9.43. The number of likely N-dealkylation sites (tertiary alicyclic amines) is 1. The molecule has 2 aliphatic heterocycles. The number of hydrogen-bond acceptors (Lipinski definition) is 6. The number of hydrogen-bond donors (Lipinski definition) is 1. The minimum absolute atomic E-state index is 0.0415. The van der Waals surface area contributed by atoms with Crippen molar-refractivity contribution in [2.24, 2.45) is 11.8 Å². The number of imide groups is 1. The predicted octanol–water partition coefficient (Wildman–Crippen LogP) is 1.75. The van der Waals surface area contributed by atoms with Gasteiger partial charge < -0.3 is 24.6 Å². The Morgan fingerprint density at radius 1 is 1.20 bits per heavy atom. The molecule has 172 valence electrons. The Balaban J connectivity index is 1.60. The van der Waals surface area contributed by atoms with E-state index in [0.29, 0.717) is 44.8 Å². The molecular weight excluding hydrogens is 384 g/mol. The van der Waals surface area contributed by atoms with Crippen molar-refractivity contribution in [2.45, 2.75) is 57.3 Å². The number of nitrogens with one attached hydrogen (secondary N) is 1. The highest BCUT2D eigenvalue weighted by Crippen LogP contribution is 2.45. The summed E-state index contributed by atoms with van der Waals surface area (Å²) >= 11 is 0. The van der Waals surface area contributed by atoms with Crippen molar-refractivity contribution in [1.82, 2.24) is 20.0 Å². The van der Waals surface area contributed by atoms with Gasteiger partial charge in [-0.15, -0.1) is 0 Å². The number of urea groups is 1. The molecule has 30 heavy (non-hydrogen) atoms. The lowest BCUT2D eigenvalue weighted by Gasteiger charge is -2.49. The van der Waals surface area contributed by atoms with Crippen molar-refractivity contribution < 1.29 is 19.1 Å². The summed E-state index contributed by atoms with van der Waals surface area (Å²) in [7, 11) is 6.13. The van der Waals surface area contributed by atoms with E-state index in [1.807, 2.05) is 21.0 Å². The summed E-state index contributed by atoms with van der Waals surface area (Å²) < 4.78 is 11.9. The molecule has 8 nitrogen and oxygen atoms in total. The first-order valence-corrected chi connectivity index (χ1v) is 11.6. The maximum Gasteiger partial charge on any atom is 0.324 e. The third kappa shape index (κ3) is 5.52. The van der Waals surface area contributed by atoms with Crippen molar-refractivity contribution in [3.8, 4) is 0 Å². The second kappa shape index (κ2) is 10.4. The fraction of sp³-hybridized carbons (Fsp3) is 0.909. The summed E-state index contributed by atoms with van der Waals surface area (Å²) in [6.45, 7) is 5.98. The van der Waals surface area contributed by atoms with E-state index in [2.05, 4.69) is 22.2 Å². The molecule has 3 aliphatic rings. The normalized spacial score (nSPS) is 28.5. The molecule has 0 bridgehead atoms. The van der Waals surface area contributed by atoms with E-state index in [0.717, 1.165) is 45.1 Å². The van der Waals surface area contributed by atoms with Gasteiger partial charge in [0, 0.05) is 38.5 Å². The molecule has 1 N–H and O–H groups in total. The summed E-state index contributed by atoms with van der Waals surface area (Å²) in [5.41, 5.74) is 0. The van der Waals surface area contributed by atoms with E-state index < -0.39 is 5.79 Å². The highest BCUT2D eigenvalue weighted by Gasteiger charge is 2.49. The Bertz CT molecular complexity index is 594. The van der Waals surface area contributed by atoms with Crippen LogP contribution in [-0.4, -0.2) is 99.0 Å². The summed E-state index contributed by atoms with van der Waals surface area (Å²) in [5.74, 6) is -0.289. The molecular formula is C22H40N4O4. The van der Waals surface area contributed by atoms with Gasteiger partial charge in [-0.05, 0) is 59.3 Å². The molecule has 3 rings (SSSR count). The van der Waals surface area contributed by atoms with Gasteiger partial charge in [-0.25, -0.2) is 4.79 Å². The van der Waals surface area contributed by atoms with E-state index in [1.165, 1.54) is 4.90 Å². The second-order valence-corrected chi connectivity index (χ2v) is 9.43. The Kier molecular flexibility index (Phi) is 8.12. The number of fused-ring (bicyclic) bond motifs is 1. The molecule has 1 spiro atoms. The van der Waals surface area contributed by atoms with Gasteiger partial charge in [-0.1, -0.05) is 6.92 Å². The average molecular weight is 425 g/mol. The zero-order valence-electron chi connectivity index (χ0n) is 19.2. The predicted molar refractivity (Wildman–Crippen MR) is 115 cm³/mol. The van der Waals surface area contributed by atoms with Crippen molar-refractivity contribution in [2.75, 3.05) is 60.5 Å². The third-order valence-electron chi connectivity index (χ3n) is 6.78. The van der Waals surface area contributed by atoms with Gasteiger partial charge in [-0.3, -0.25) is 9.69 Å². The zero-order valence-corrected chi connectivity index (χ0v) is 19.2. The van der Waals surface area contributed by atoms with Crippen LogP contribution >= 0.6 is 0 Å². The SMILES string of the molecule is CCCN(C(=O)NCCCN(C)C)C(=O)[C@@H]1C[C@@H]2CC3(CC[C@H]2N(C)C1)OCCO3. The Hall–Kier alpha value is -1.22. The van der Waals surface area contributed by atoms with Gasteiger partial charge in [0.2, 0.25) is 5.91 Å². The molecule has 8 heteroatoms. The maximum atomic E-state index is 13.4. The van der Waals surface area contributed by atoms with E-state index in [9.17, 15) is 9.59 Å². The fourth-order valence-electron chi connectivity index (χ4n) is 5.36. The first kappa shape index (κ1) is 23.4. The molecule has 3 fully saturated rings. The number of rotatable bonds is 7. The molecule has 0 aromatic carbocycles. The average Bonchev–Trinajstić information content (AvgIpc) is 3.15. The zero-order chi connectivity index (χ0) is 21.7. The smallest absolute Gasteiger partial charge is 0.324 e. The van der Waals surface area contributed by atoms with E-state index in [1.54, 1.807) is 0 Å². The highest BCUT2D eigenvalue weighted by atomic mass is 16.7. The molecule has 0 aromatic heterocycles. The van der Waals surface area contributed by atoms with Crippen LogP contribution < -0.4 is 5.32 Å². The Labute approximate surface area is 181 Å². The van der Waals surface area contributed by atoms with Crippen molar-refractivity contribution >= 4 is 11.9 Å². The highest BCUT2D eigenvalue weighted by molar-refractivity contribution is 5.95. The topological polar surface area (TPSA) is 74.4 Å². The first-order valence-electron chi connectivity index (χ1n) is 11.6. The van der Waals surface area contributed by atoms with Gasteiger partial charge in [0.05, 0.1) is 19.1 Å². The number of carbonyl (C=O) groups excluding carboxylic acids is 2. The van der Waals surface area contributed by atoms with Crippen molar-refractivity contribution in [3.63, 3.8) is 0 Å². The standard InChI is InChI=1S/C22H40N4O4/c1-5-10-26(21(28)23-9-6-11-24(2)3)20(27)18-14-17-15-22(29-12-13-30-22)8-7-19(17)25(4)16-18/h17-19H,5-16H2,1-4H3,(H,23,28)/t17-,18-,19-/m1/s1. The van der Waals surface area contributed by atoms with Crippen LogP contribution in [0.25, 0.3) is 0 Å². The van der Waals surface area contributed by atoms with Gasteiger partial charge in [0.15, 0.2) is 5.79 Å². The molecule has 0 radical (unpaired) electrons. The Morgan fingerprint density at radius 3 is 2.60 bits per heavy atom. The van der Waals surface area contributed by atoms with Crippen molar-refractivity contribution in [3.05, 3.63) is 0 Å². The quantitative estimate of drug-likeness (QED) is 0.628. The van der Waals surface area contributed by atoms with Crippen LogP contribution in [0.5, 0.6) is 0 Å². The third-order valence-corrected chi connectivity index (χ3v) is 6.78. The molecule has 1 aliphatic carbocycles. The summed E-state index contributed by atoms with van der Waals surface area (Å²) in [6, 6.07) is 0.208. The number of amides is 3. The largest absolute Gasteiger partial charge is 0.348 e. The fourth-order valence-corrected chi connectivity index (χ4v) is 5.36. The van der Waals surface area contributed by atoms with Gasteiger partial charge in [0.25, 0.3) is 0 Å². The minimum atomic E-state index is -0.445. The van der Waals surface area contributed by atoms with E-state index in [-0.39, 0.29) is 17.9 Å². The minimum Gasteiger partial charge on any atom is -0.348 e. The lowest BCUT2D eigenvalue weighted by Crippen LogP contribution is -2.57. The lowest BCUT2D eigenvalue weighted by molar-refractivity contribution is -0.202. The monoisotopic (exact) mass is 424 g/mol. The molecule has 3 amide bonds. The number of ether oxygens (including phenoxy) is 2. The van der Waals surface area contributed by atoms with Crippen LogP contribution in [0.15, 0.2) is 0 Å². The Morgan fingerprint density at radius 2 is 1.93 bits per heavy atom. The lowest BCUT2D eigenvalue weighted by atomic mass is 9.72. The van der Waals surface area contributed by atoms with Crippen LogP contribution in [-0.2, 0) is 14.3 Å². The van der Waals surface area contributed by atoms with Gasteiger partial charge in [-0.2, -0.15) is 0 Å². The molecule has 1 saturated carbocycles. The van der Waals surface area contributed by atoms with Crippen LogP contribution in [0.1, 0.15) is 45.4 Å². The number of carbonyl (C=O) groups is 2. The van der Waals surface area contributed by atoms with E-state index >= 15 is 0 Å². The van der Waals surface area contributed by atoms with Gasteiger partial charge >= 0.3 is 6.03 Å². The summed E-state index contributed by atoms with van der Waals surface area (Å²) in [6.07, 6.45) is 5.23. The maximum absolute atomic E-state index is 13.4. The van der Waals surface area contributed by atoms with Crippen LogP contribution in [0.4, 0.5) is 4.79 Å². The molecule has 3 atom stereocenters. The summed E-state index contributed by atoms with van der Waals surface area (Å²) in [4.78, 5) is 32.0. The van der Waals surface area contributed by atoms with Gasteiger partial charge in [0.1, 0.15) is 0 Å². The van der Waals surface area contributed by atoms with E-state index in [4.69, 9.17) is 9.47 Å². The number of nitrogens with zero attached hydrogens (tertiary/aromatic N) is 3. The van der Waals surface area contributed by atoms with Crippen LogP contribution in [0, 0.1) is 11.8 Å². The number of piperidine rings is 1. The molecule has 2 heterocycles. The molecule has 0 aromatic rings. The van der Waals surface area contributed by atoms with Crippen LogP contribution in [0.3, 0.4) is 0 Å². The summed E-state index contributed by atoms with van der Waals surface area (Å²) in [5, 5.41) is 2.94. The first-order chi connectivity index (χ1) is 14.3. The molecule has 0 unspecified atom stereocenters. The van der Waals surface area contributed by atoms with Crippen molar-refractivity contribution in [1.29, 1.82) is 0 Å².